The number of hydrogen-bond donors (Lipinski definition) is 3. The van der Waals surface area contributed by atoms with Crippen LogP contribution in [0, 0.1) is 20.8 Å². The molecule has 0 amide bonds. The van der Waals surface area contributed by atoms with Gasteiger partial charge in [0.1, 0.15) is 16.3 Å². The fourth-order valence-electron chi connectivity index (χ4n) is 3.77. The zero-order valence-corrected chi connectivity index (χ0v) is 18.0. The first kappa shape index (κ1) is 20.8. The van der Waals surface area contributed by atoms with Crippen LogP contribution in [0.4, 0.5) is 17.1 Å². The molecule has 0 saturated carbocycles. The number of fused-ring (bicyclic) bond motifs is 2. The second-order valence-corrected chi connectivity index (χ2v) is 8.96. The smallest absolute Gasteiger partial charge is 0.297 e. The van der Waals surface area contributed by atoms with E-state index in [0.29, 0.717) is 27.4 Å². The van der Waals surface area contributed by atoms with Gasteiger partial charge in [0.15, 0.2) is 5.75 Å². The second-order valence-electron chi connectivity index (χ2n) is 7.60. The molecule has 7 nitrogen and oxygen atoms in total. The van der Waals surface area contributed by atoms with Crippen molar-refractivity contribution < 1.29 is 18.1 Å². The van der Waals surface area contributed by atoms with E-state index in [-0.39, 0.29) is 22.0 Å². The molecule has 0 aliphatic rings. The van der Waals surface area contributed by atoms with Crippen molar-refractivity contribution in [3.63, 3.8) is 0 Å². The van der Waals surface area contributed by atoms with Gasteiger partial charge in [-0.3, -0.25) is 4.55 Å². The van der Waals surface area contributed by atoms with E-state index >= 15 is 0 Å². The Kier molecular flexibility index (Phi) is 4.91. The first-order valence-corrected chi connectivity index (χ1v) is 11.0. The van der Waals surface area contributed by atoms with Gasteiger partial charge in [0.2, 0.25) is 0 Å². The van der Waals surface area contributed by atoms with Gasteiger partial charge < -0.3 is 10.8 Å². The summed E-state index contributed by atoms with van der Waals surface area (Å²) in [6.07, 6.45) is 0. The first-order valence-electron chi connectivity index (χ1n) is 9.52. The van der Waals surface area contributed by atoms with Gasteiger partial charge >= 0.3 is 0 Å². The van der Waals surface area contributed by atoms with Crippen molar-refractivity contribution in [2.45, 2.75) is 25.7 Å². The van der Waals surface area contributed by atoms with Gasteiger partial charge in [0, 0.05) is 16.5 Å². The van der Waals surface area contributed by atoms with E-state index < -0.39 is 10.1 Å². The van der Waals surface area contributed by atoms with Gasteiger partial charge in [-0.15, -0.1) is 10.2 Å². The fourth-order valence-corrected chi connectivity index (χ4v) is 4.61. The molecule has 0 radical (unpaired) electrons. The first-order chi connectivity index (χ1) is 14.6. The van der Waals surface area contributed by atoms with Crippen LogP contribution < -0.4 is 5.73 Å². The number of benzene rings is 4. The van der Waals surface area contributed by atoms with E-state index in [1.807, 2.05) is 32.0 Å². The Morgan fingerprint density at radius 2 is 1.61 bits per heavy atom. The number of phenols is 1. The van der Waals surface area contributed by atoms with Gasteiger partial charge in [-0.1, -0.05) is 35.9 Å². The maximum Gasteiger partial charge on any atom is 0.297 e. The van der Waals surface area contributed by atoms with Crippen molar-refractivity contribution in [1.29, 1.82) is 0 Å². The molecule has 4 rings (SSSR count). The van der Waals surface area contributed by atoms with E-state index in [1.54, 1.807) is 31.2 Å². The summed E-state index contributed by atoms with van der Waals surface area (Å²) in [5.41, 5.74) is 9.15. The number of nitrogen functional groups attached to an aromatic ring is 1. The van der Waals surface area contributed by atoms with Gasteiger partial charge in [-0.2, -0.15) is 8.42 Å². The second kappa shape index (κ2) is 7.33. The van der Waals surface area contributed by atoms with Crippen LogP contribution in [0.1, 0.15) is 16.7 Å². The zero-order valence-electron chi connectivity index (χ0n) is 17.2. The third kappa shape index (κ3) is 3.60. The molecule has 0 atom stereocenters. The van der Waals surface area contributed by atoms with Gasteiger partial charge in [0.05, 0.1) is 0 Å². The van der Waals surface area contributed by atoms with Gasteiger partial charge in [-0.05, 0) is 60.9 Å². The van der Waals surface area contributed by atoms with Crippen molar-refractivity contribution >= 4 is 48.7 Å². The van der Waals surface area contributed by atoms with E-state index in [2.05, 4.69) is 10.2 Å². The van der Waals surface area contributed by atoms with Crippen molar-refractivity contribution in [1.82, 2.24) is 0 Å². The van der Waals surface area contributed by atoms with Crippen molar-refractivity contribution in [2.75, 3.05) is 5.73 Å². The Labute approximate surface area is 179 Å². The van der Waals surface area contributed by atoms with Crippen LogP contribution >= 0.6 is 0 Å². The van der Waals surface area contributed by atoms with Crippen molar-refractivity contribution in [2.24, 2.45) is 10.2 Å². The van der Waals surface area contributed by atoms with Crippen LogP contribution in [-0.2, 0) is 10.1 Å². The summed E-state index contributed by atoms with van der Waals surface area (Å²) in [7, 11) is -4.58. The van der Waals surface area contributed by atoms with E-state index in [9.17, 15) is 18.1 Å². The molecular formula is C23H21N3O4S. The highest BCUT2D eigenvalue weighted by molar-refractivity contribution is 7.86. The minimum Gasteiger partial charge on any atom is -0.505 e. The summed E-state index contributed by atoms with van der Waals surface area (Å²) < 4.78 is 34.1. The molecule has 4 N–H and O–H groups in total. The van der Waals surface area contributed by atoms with Crippen LogP contribution in [0.3, 0.4) is 0 Å². The molecule has 4 aromatic carbocycles. The molecule has 158 valence electrons. The average molecular weight is 436 g/mol. The molecular weight excluding hydrogens is 414 g/mol. The SMILES string of the molecule is Cc1ccc2c(S(=O)(=O)O)c(N=Nc3c(C)cc4c(C)ccc(N)c4c3O)ccc2c1. The molecule has 0 spiro atoms. The Balaban J connectivity index is 1.95. The Morgan fingerprint density at radius 1 is 0.871 bits per heavy atom. The van der Waals surface area contributed by atoms with Crippen molar-refractivity contribution in [3.05, 3.63) is 65.2 Å². The molecule has 0 aliphatic carbocycles. The van der Waals surface area contributed by atoms with Crippen LogP contribution in [0.25, 0.3) is 21.5 Å². The monoisotopic (exact) mass is 435 g/mol. The quantitative estimate of drug-likeness (QED) is 0.211. The van der Waals surface area contributed by atoms with Crippen LogP contribution in [0.5, 0.6) is 5.75 Å². The molecule has 4 aromatic rings. The van der Waals surface area contributed by atoms with E-state index in [4.69, 9.17) is 5.73 Å². The van der Waals surface area contributed by atoms with Gasteiger partial charge in [0.25, 0.3) is 10.1 Å². The highest BCUT2D eigenvalue weighted by Crippen LogP contribution is 2.43. The molecule has 0 unspecified atom stereocenters. The third-order valence-corrected chi connectivity index (χ3v) is 6.26. The summed E-state index contributed by atoms with van der Waals surface area (Å²) in [4.78, 5) is -0.331. The lowest BCUT2D eigenvalue weighted by Gasteiger charge is -2.12. The van der Waals surface area contributed by atoms with Crippen molar-refractivity contribution in [3.8, 4) is 5.75 Å². The molecule has 0 saturated heterocycles. The molecule has 0 heterocycles. The molecule has 0 aliphatic heterocycles. The van der Waals surface area contributed by atoms with E-state index in [1.165, 1.54) is 6.07 Å². The lowest BCUT2D eigenvalue weighted by atomic mass is 9.99. The number of nitrogens with two attached hydrogens (primary N) is 1. The third-order valence-electron chi connectivity index (χ3n) is 5.31. The standard InChI is InChI=1S/C23H21N3O4S/c1-12-4-7-16-15(10-12)6-9-19(23(16)31(28,29)30)25-26-21-14(3)11-17-13(2)5-8-18(24)20(17)22(21)27/h4-11,27H,24H2,1-3H3,(H,28,29,30). The Morgan fingerprint density at radius 3 is 2.32 bits per heavy atom. The number of phenolic OH excluding ortho intramolecular Hbond substituents is 1. The summed E-state index contributed by atoms with van der Waals surface area (Å²) in [6.45, 7) is 5.57. The molecule has 0 bridgehead atoms. The highest BCUT2D eigenvalue weighted by Gasteiger charge is 2.20. The Hall–Kier alpha value is -3.49. The lowest BCUT2D eigenvalue weighted by Crippen LogP contribution is -2.00. The molecule has 0 fully saturated rings. The molecule has 8 heteroatoms. The number of anilines is 1. The summed E-state index contributed by atoms with van der Waals surface area (Å²) in [5.74, 6) is -0.134. The van der Waals surface area contributed by atoms with Crippen LogP contribution in [0.15, 0.2) is 63.7 Å². The zero-order chi connectivity index (χ0) is 22.5. The van der Waals surface area contributed by atoms with Crippen LogP contribution in [-0.4, -0.2) is 18.1 Å². The number of aryl methyl sites for hydroxylation is 3. The van der Waals surface area contributed by atoms with Gasteiger partial charge in [-0.25, -0.2) is 0 Å². The summed E-state index contributed by atoms with van der Waals surface area (Å²) in [5, 5.41) is 21.3. The largest absolute Gasteiger partial charge is 0.505 e. The number of aromatic hydroxyl groups is 1. The minimum absolute atomic E-state index is 0.0324. The summed E-state index contributed by atoms with van der Waals surface area (Å²) in [6, 6.07) is 13.8. The highest BCUT2D eigenvalue weighted by atomic mass is 32.2. The van der Waals surface area contributed by atoms with E-state index in [0.717, 1.165) is 16.5 Å². The minimum atomic E-state index is -4.58. The predicted molar refractivity (Wildman–Crippen MR) is 122 cm³/mol. The number of nitrogens with zero attached hydrogens (tertiary/aromatic N) is 2. The topological polar surface area (TPSA) is 125 Å². The maximum absolute atomic E-state index is 12.1. The number of azo groups is 1. The lowest BCUT2D eigenvalue weighted by molar-refractivity contribution is 0.482. The molecule has 31 heavy (non-hydrogen) atoms. The summed E-state index contributed by atoms with van der Waals surface area (Å²) >= 11 is 0. The number of rotatable bonds is 3. The maximum atomic E-state index is 12.1. The Bertz CT molecular complexity index is 1510. The average Bonchev–Trinajstić information content (AvgIpc) is 2.69. The predicted octanol–water partition coefficient (Wildman–Crippen LogP) is 5.87. The molecule has 0 aromatic heterocycles. The normalized spacial score (nSPS) is 12.3. The fraction of sp³-hybridized carbons (Fsp3) is 0.130. The number of hydrogen-bond acceptors (Lipinski definition) is 6. The van der Waals surface area contributed by atoms with Crippen LogP contribution in [0.2, 0.25) is 0 Å².